The first-order valence-electron chi connectivity index (χ1n) is 4.81. The Balaban J connectivity index is 2.44. The zero-order valence-electron chi connectivity index (χ0n) is 8.59. The molecule has 0 aromatic carbocycles. The smallest absolute Gasteiger partial charge is 0.242 e. The molecule has 1 rings (SSSR count). The van der Waals surface area contributed by atoms with E-state index < -0.39 is 11.6 Å². The topological polar surface area (TPSA) is 84.2 Å². The number of rotatable bonds is 3. The van der Waals surface area contributed by atoms with Crippen LogP contribution in [-0.4, -0.2) is 30.4 Å². The molecule has 0 heterocycles. The van der Waals surface area contributed by atoms with Gasteiger partial charge in [0.1, 0.15) is 6.04 Å². The maximum absolute atomic E-state index is 11.6. The van der Waals surface area contributed by atoms with Crippen LogP contribution in [-0.2, 0) is 9.59 Å². The largest absolute Gasteiger partial charge is 0.357 e. The SMILES string of the molecule is CNC(=O)C(C)NC(=O)C1(N)CCC1. The molecule has 14 heavy (non-hydrogen) atoms. The molecule has 0 radical (unpaired) electrons. The van der Waals surface area contributed by atoms with Gasteiger partial charge in [-0.1, -0.05) is 0 Å². The summed E-state index contributed by atoms with van der Waals surface area (Å²) in [6.07, 6.45) is 2.40. The van der Waals surface area contributed by atoms with Crippen LogP contribution in [0.1, 0.15) is 26.2 Å². The first-order chi connectivity index (χ1) is 6.49. The molecule has 0 bridgehead atoms. The first-order valence-corrected chi connectivity index (χ1v) is 4.81. The number of carbonyl (C=O) groups excluding carboxylic acids is 2. The van der Waals surface area contributed by atoms with Crippen molar-refractivity contribution in [2.75, 3.05) is 7.05 Å². The quantitative estimate of drug-likeness (QED) is 0.552. The minimum atomic E-state index is -0.734. The van der Waals surface area contributed by atoms with Crippen LogP contribution in [0.25, 0.3) is 0 Å². The summed E-state index contributed by atoms with van der Waals surface area (Å²) in [5.74, 6) is -0.430. The standard InChI is InChI=1S/C9H17N3O2/c1-6(7(13)11-2)12-8(14)9(10)4-3-5-9/h6H,3-5,10H2,1-2H3,(H,11,13)(H,12,14). The summed E-state index contributed by atoms with van der Waals surface area (Å²) >= 11 is 0. The number of hydrogen-bond acceptors (Lipinski definition) is 3. The fourth-order valence-corrected chi connectivity index (χ4v) is 1.41. The second-order valence-corrected chi connectivity index (χ2v) is 3.82. The Morgan fingerprint density at radius 3 is 2.36 bits per heavy atom. The van der Waals surface area contributed by atoms with E-state index in [4.69, 9.17) is 5.73 Å². The zero-order chi connectivity index (χ0) is 10.8. The van der Waals surface area contributed by atoms with Crippen LogP contribution in [0.15, 0.2) is 0 Å². The number of hydrogen-bond donors (Lipinski definition) is 3. The van der Waals surface area contributed by atoms with Crippen molar-refractivity contribution >= 4 is 11.8 Å². The summed E-state index contributed by atoms with van der Waals surface area (Å²) < 4.78 is 0. The second-order valence-electron chi connectivity index (χ2n) is 3.82. The van der Waals surface area contributed by atoms with Gasteiger partial charge in [0.05, 0.1) is 5.54 Å². The molecular formula is C9H17N3O2. The van der Waals surface area contributed by atoms with Crippen molar-refractivity contribution in [3.63, 3.8) is 0 Å². The predicted octanol–water partition coefficient (Wildman–Crippen LogP) is -0.881. The van der Waals surface area contributed by atoms with Crippen molar-refractivity contribution in [3.05, 3.63) is 0 Å². The predicted molar refractivity (Wildman–Crippen MR) is 52.4 cm³/mol. The minimum Gasteiger partial charge on any atom is -0.357 e. The Morgan fingerprint density at radius 2 is 2.00 bits per heavy atom. The molecule has 1 atom stereocenters. The molecule has 5 nitrogen and oxygen atoms in total. The number of carbonyl (C=O) groups is 2. The average molecular weight is 199 g/mol. The molecule has 0 saturated heterocycles. The Hall–Kier alpha value is -1.10. The van der Waals surface area contributed by atoms with Crippen LogP contribution in [0, 0.1) is 0 Å². The Kier molecular flexibility index (Phi) is 3.10. The summed E-state index contributed by atoms with van der Waals surface area (Å²) in [6.45, 7) is 1.64. The minimum absolute atomic E-state index is 0.207. The molecule has 1 unspecified atom stereocenters. The lowest BCUT2D eigenvalue weighted by molar-refractivity contribution is -0.133. The highest BCUT2D eigenvalue weighted by Gasteiger charge is 2.40. The van der Waals surface area contributed by atoms with Crippen LogP contribution in [0.4, 0.5) is 0 Å². The molecule has 1 aliphatic carbocycles. The van der Waals surface area contributed by atoms with Gasteiger partial charge < -0.3 is 16.4 Å². The van der Waals surface area contributed by atoms with Gasteiger partial charge in [-0.15, -0.1) is 0 Å². The van der Waals surface area contributed by atoms with Crippen molar-refractivity contribution in [2.45, 2.75) is 37.8 Å². The van der Waals surface area contributed by atoms with Crippen molar-refractivity contribution in [1.29, 1.82) is 0 Å². The lowest BCUT2D eigenvalue weighted by atomic mass is 9.77. The highest BCUT2D eigenvalue weighted by atomic mass is 16.2. The third kappa shape index (κ3) is 2.04. The van der Waals surface area contributed by atoms with E-state index in [1.54, 1.807) is 6.92 Å². The summed E-state index contributed by atoms with van der Waals surface area (Å²) in [4.78, 5) is 22.7. The summed E-state index contributed by atoms with van der Waals surface area (Å²) in [7, 11) is 1.53. The zero-order valence-corrected chi connectivity index (χ0v) is 8.59. The number of nitrogens with one attached hydrogen (secondary N) is 2. The van der Waals surface area contributed by atoms with Gasteiger partial charge in [0, 0.05) is 7.05 Å². The van der Waals surface area contributed by atoms with E-state index in [0.717, 1.165) is 6.42 Å². The third-order valence-electron chi connectivity index (χ3n) is 2.69. The van der Waals surface area contributed by atoms with E-state index in [1.165, 1.54) is 7.05 Å². The summed E-state index contributed by atoms with van der Waals surface area (Å²) in [6, 6.07) is -0.520. The first kappa shape index (κ1) is 11.0. The van der Waals surface area contributed by atoms with E-state index in [2.05, 4.69) is 10.6 Å². The van der Waals surface area contributed by atoms with Crippen molar-refractivity contribution in [3.8, 4) is 0 Å². The van der Waals surface area contributed by atoms with Crippen LogP contribution >= 0.6 is 0 Å². The number of likely N-dealkylation sites (N-methyl/N-ethyl adjacent to an activating group) is 1. The fourth-order valence-electron chi connectivity index (χ4n) is 1.41. The maximum Gasteiger partial charge on any atom is 0.242 e. The Labute approximate surface area is 83.4 Å². The maximum atomic E-state index is 11.6. The van der Waals surface area contributed by atoms with E-state index in [9.17, 15) is 9.59 Å². The van der Waals surface area contributed by atoms with Crippen molar-refractivity contribution < 1.29 is 9.59 Å². The van der Waals surface area contributed by atoms with Crippen molar-refractivity contribution in [1.82, 2.24) is 10.6 Å². The van der Waals surface area contributed by atoms with Gasteiger partial charge in [0.2, 0.25) is 11.8 Å². The van der Waals surface area contributed by atoms with E-state index >= 15 is 0 Å². The lowest BCUT2D eigenvalue weighted by Gasteiger charge is -2.36. The van der Waals surface area contributed by atoms with Crippen LogP contribution in [0.5, 0.6) is 0 Å². The van der Waals surface area contributed by atoms with Gasteiger partial charge >= 0.3 is 0 Å². The fraction of sp³-hybridized carbons (Fsp3) is 0.778. The lowest BCUT2D eigenvalue weighted by Crippen LogP contribution is -2.61. The monoisotopic (exact) mass is 199 g/mol. The normalized spacial score (nSPS) is 20.5. The van der Waals surface area contributed by atoms with E-state index in [0.29, 0.717) is 12.8 Å². The average Bonchev–Trinajstić information content (AvgIpc) is 2.12. The molecule has 1 aliphatic rings. The van der Waals surface area contributed by atoms with Gasteiger partial charge in [-0.3, -0.25) is 9.59 Å². The molecule has 4 N–H and O–H groups in total. The third-order valence-corrected chi connectivity index (χ3v) is 2.69. The molecular weight excluding hydrogens is 182 g/mol. The molecule has 0 aromatic rings. The van der Waals surface area contributed by atoms with Crippen LogP contribution < -0.4 is 16.4 Å². The van der Waals surface area contributed by atoms with Crippen molar-refractivity contribution in [2.24, 2.45) is 5.73 Å². The molecule has 2 amide bonds. The van der Waals surface area contributed by atoms with E-state index in [-0.39, 0.29) is 11.8 Å². The highest BCUT2D eigenvalue weighted by molar-refractivity contribution is 5.92. The van der Waals surface area contributed by atoms with Gasteiger partial charge in [-0.25, -0.2) is 0 Å². The van der Waals surface area contributed by atoms with Gasteiger partial charge in [-0.2, -0.15) is 0 Å². The molecule has 5 heteroatoms. The van der Waals surface area contributed by atoms with E-state index in [1.807, 2.05) is 0 Å². The second kappa shape index (κ2) is 3.96. The van der Waals surface area contributed by atoms with Crippen LogP contribution in [0.2, 0.25) is 0 Å². The highest BCUT2D eigenvalue weighted by Crippen LogP contribution is 2.29. The number of amides is 2. The summed E-state index contributed by atoms with van der Waals surface area (Å²) in [5.41, 5.74) is 5.06. The van der Waals surface area contributed by atoms with Gasteiger partial charge in [0.25, 0.3) is 0 Å². The molecule has 0 aliphatic heterocycles. The molecule has 0 spiro atoms. The van der Waals surface area contributed by atoms with Gasteiger partial charge in [0.15, 0.2) is 0 Å². The molecule has 80 valence electrons. The van der Waals surface area contributed by atoms with Gasteiger partial charge in [-0.05, 0) is 26.2 Å². The van der Waals surface area contributed by atoms with Crippen LogP contribution in [0.3, 0.4) is 0 Å². The molecule has 1 fully saturated rings. The number of nitrogens with two attached hydrogens (primary N) is 1. The molecule has 0 aromatic heterocycles. The Bertz CT molecular complexity index is 248. The Morgan fingerprint density at radius 1 is 1.43 bits per heavy atom. The molecule has 1 saturated carbocycles. The summed E-state index contributed by atoms with van der Waals surface area (Å²) in [5, 5.41) is 5.06.